The number of likely N-dealkylation sites (tertiary alicyclic amines) is 1. The van der Waals surface area contributed by atoms with Crippen molar-refractivity contribution in [2.24, 2.45) is 16.5 Å². The maximum absolute atomic E-state index is 14.7. The quantitative estimate of drug-likeness (QED) is 0.482. The number of guanidine groups is 1. The molecule has 0 bridgehead atoms. The van der Waals surface area contributed by atoms with Crippen molar-refractivity contribution >= 4 is 5.96 Å². The van der Waals surface area contributed by atoms with Gasteiger partial charge in [-0.2, -0.15) is 0 Å². The number of hydrogen-bond donors (Lipinski definition) is 2. The van der Waals surface area contributed by atoms with E-state index in [1.807, 2.05) is 60.4 Å². The van der Waals surface area contributed by atoms with Crippen LogP contribution in [0.4, 0.5) is 4.39 Å². The highest BCUT2D eigenvalue weighted by Gasteiger charge is 2.19. The van der Waals surface area contributed by atoms with Gasteiger partial charge in [-0.1, -0.05) is 54.5 Å². The Balaban J connectivity index is 1.43. The molecule has 1 aliphatic rings. The van der Waals surface area contributed by atoms with E-state index in [1.54, 1.807) is 6.07 Å². The van der Waals surface area contributed by atoms with Crippen LogP contribution in [0.25, 0.3) is 11.1 Å². The molecule has 7 heteroatoms. The van der Waals surface area contributed by atoms with Gasteiger partial charge in [0.1, 0.15) is 12.4 Å². The third-order valence-electron chi connectivity index (χ3n) is 5.86. The van der Waals surface area contributed by atoms with E-state index in [-0.39, 0.29) is 17.8 Å². The first kappa shape index (κ1) is 21.1. The van der Waals surface area contributed by atoms with Gasteiger partial charge in [-0.3, -0.25) is 0 Å². The zero-order chi connectivity index (χ0) is 21.8. The summed E-state index contributed by atoms with van der Waals surface area (Å²) in [4.78, 5) is 6.48. The SMILES string of the molecule is CC(c1ccc(-c2ccccc2)c(F)c1)c1cc(CN=C(N)N2CCC(N)CC2)on1. The van der Waals surface area contributed by atoms with Crippen molar-refractivity contribution in [1.29, 1.82) is 0 Å². The number of rotatable bonds is 5. The molecule has 6 nitrogen and oxygen atoms in total. The Bertz CT molecular complexity index is 1040. The molecule has 4 rings (SSSR count). The van der Waals surface area contributed by atoms with Crippen LogP contribution in [0.3, 0.4) is 0 Å². The van der Waals surface area contributed by atoms with Crippen molar-refractivity contribution < 1.29 is 8.91 Å². The van der Waals surface area contributed by atoms with Gasteiger partial charge in [0.2, 0.25) is 0 Å². The first-order valence-corrected chi connectivity index (χ1v) is 10.6. The van der Waals surface area contributed by atoms with Crippen molar-refractivity contribution in [3.8, 4) is 11.1 Å². The van der Waals surface area contributed by atoms with Crippen LogP contribution in [-0.4, -0.2) is 35.1 Å². The largest absolute Gasteiger partial charge is 0.370 e. The number of benzene rings is 2. The molecular weight excluding hydrogens is 393 g/mol. The maximum atomic E-state index is 14.7. The van der Waals surface area contributed by atoms with Crippen LogP contribution in [0, 0.1) is 5.82 Å². The number of aliphatic imine (C=N–C) groups is 1. The Kier molecular flexibility index (Phi) is 6.32. The summed E-state index contributed by atoms with van der Waals surface area (Å²) < 4.78 is 20.2. The normalized spacial score (nSPS) is 16.5. The first-order chi connectivity index (χ1) is 15.0. The standard InChI is InChI=1S/C24H28FN5O/c1-16(18-7-8-21(22(25)13-18)17-5-3-2-4-6-17)23-14-20(31-29-23)15-28-24(27)30-11-9-19(26)10-12-30/h2-8,13-14,16,19H,9-12,15,26H2,1H3,(H2,27,28). The highest BCUT2D eigenvalue weighted by molar-refractivity contribution is 5.78. The summed E-state index contributed by atoms with van der Waals surface area (Å²) in [6.45, 7) is 3.93. The molecule has 162 valence electrons. The van der Waals surface area contributed by atoms with Crippen LogP contribution in [0.2, 0.25) is 0 Å². The minimum absolute atomic E-state index is 0.110. The van der Waals surface area contributed by atoms with Gasteiger partial charge in [-0.05, 0) is 30.0 Å². The minimum atomic E-state index is -0.252. The number of aromatic nitrogens is 1. The molecule has 3 aromatic rings. The van der Waals surface area contributed by atoms with Crippen molar-refractivity contribution in [2.75, 3.05) is 13.1 Å². The fourth-order valence-electron chi connectivity index (χ4n) is 3.82. The topological polar surface area (TPSA) is 93.7 Å². The zero-order valence-corrected chi connectivity index (χ0v) is 17.7. The van der Waals surface area contributed by atoms with Gasteiger partial charge in [0, 0.05) is 36.7 Å². The number of nitrogens with two attached hydrogens (primary N) is 2. The van der Waals surface area contributed by atoms with Gasteiger partial charge in [0.25, 0.3) is 0 Å². The molecule has 0 amide bonds. The molecule has 0 saturated carbocycles. The lowest BCUT2D eigenvalue weighted by molar-refractivity contribution is 0.309. The summed E-state index contributed by atoms with van der Waals surface area (Å²) in [5.74, 6) is 0.760. The summed E-state index contributed by atoms with van der Waals surface area (Å²) in [6, 6.07) is 16.9. The van der Waals surface area contributed by atoms with Gasteiger partial charge in [0.05, 0.1) is 5.69 Å². The highest BCUT2D eigenvalue weighted by atomic mass is 19.1. The smallest absolute Gasteiger partial charge is 0.191 e. The Hall–Kier alpha value is -3.19. The predicted octanol–water partition coefficient (Wildman–Crippen LogP) is 3.87. The monoisotopic (exact) mass is 421 g/mol. The lowest BCUT2D eigenvalue weighted by Crippen LogP contribution is -2.46. The molecule has 1 fully saturated rings. The van der Waals surface area contributed by atoms with Crippen LogP contribution in [0.5, 0.6) is 0 Å². The number of piperidine rings is 1. The van der Waals surface area contributed by atoms with Gasteiger partial charge in [-0.15, -0.1) is 0 Å². The van der Waals surface area contributed by atoms with Crippen LogP contribution >= 0.6 is 0 Å². The van der Waals surface area contributed by atoms with Gasteiger partial charge < -0.3 is 20.9 Å². The van der Waals surface area contributed by atoms with E-state index < -0.39 is 0 Å². The molecule has 1 unspecified atom stereocenters. The van der Waals surface area contributed by atoms with E-state index in [0.717, 1.165) is 42.8 Å². The molecule has 1 aliphatic heterocycles. The molecule has 2 heterocycles. The van der Waals surface area contributed by atoms with E-state index in [4.69, 9.17) is 16.0 Å². The minimum Gasteiger partial charge on any atom is -0.370 e. The van der Waals surface area contributed by atoms with Crippen molar-refractivity contribution in [1.82, 2.24) is 10.1 Å². The molecule has 4 N–H and O–H groups in total. The summed E-state index contributed by atoms with van der Waals surface area (Å²) in [7, 11) is 0. The number of halogens is 1. The van der Waals surface area contributed by atoms with E-state index in [1.165, 1.54) is 0 Å². The summed E-state index contributed by atoms with van der Waals surface area (Å²) in [6.07, 6.45) is 1.83. The van der Waals surface area contributed by atoms with Crippen molar-refractivity contribution in [3.05, 3.63) is 77.4 Å². The van der Waals surface area contributed by atoms with Crippen LogP contribution in [0.15, 0.2) is 64.1 Å². The van der Waals surface area contributed by atoms with E-state index in [2.05, 4.69) is 10.1 Å². The van der Waals surface area contributed by atoms with Crippen molar-refractivity contribution in [3.63, 3.8) is 0 Å². The molecule has 31 heavy (non-hydrogen) atoms. The number of hydrogen-bond acceptors (Lipinski definition) is 4. The summed E-state index contributed by atoms with van der Waals surface area (Å²) >= 11 is 0. The molecule has 0 aliphatic carbocycles. The van der Waals surface area contributed by atoms with Crippen LogP contribution < -0.4 is 11.5 Å². The molecule has 1 atom stereocenters. The second kappa shape index (κ2) is 9.31. The fraction of sp³-hybridized carbons (Fsp3) is 0.333. The average Bonchev–Trinajstić information content (AvgIpc) is 3.27. The highest BCUT2D eigenvalue weighted by Crippen LogP contribution is 2.29. The van der Waals surface area contributed by atoms with Crippen LogP contribution in [0.1, 0.15) is 42.7 Å². The van der Waals surface area contributed by atoms with Gasteiger partial charge in [0.15, 0.2) is 11.7 Å². The first-order valence-electron chi connectivity index (χ1n) is 10.6. The van der Waals surface area contributed by atoms with E-state index in [9.17, 15) is 4.39 Å². The Labute approximate surface area is 181 Å². The molecule has 1 aromatic heterocycles. The Morgan fingerprint density at radius 1 is 1.19 bits per heavy atom. The second-order valence-electron chi connectivity index (χ2n) is 8.04. The summed E-state index contributed by atoms with van der Waals surface area (Å²) in [5.41, 5.74) is 15.1. The Morgan fingerprint density at radius 3 is 2.65 bits per heavy atom. The maximum Gasteiger partial charge on any atom is 0.191 e. The summed E-state index contributed by atoms with van der Waals surface area (Å²) in [5, 5.41) is 4.17. The fourth-order valence-corrected chi connectivity index (χ4v) is 3.82. The molecular formula is C24H28FN5O. The van der Waals surface area contributed by atoms with Crippen molar-refractivity contribution in [2.45, 2.75) is 38.3 Å². The predicted molar refractivity (Wildman–Crippen MR) is 120 cm³/mol. The molecule has 0 spiro atoms. The zero-order valence-electron chi connectivity index (χ0n) is 17.7. The lowest BCUT2D eigenvalue weighted by atomic mass is 9.94. The van der Waals surface area contributed by atoms with E-state index >= 15 is 0 Å². The van der Waals surface area contributed by atoms with Crippen LogP contribution in [-0.2, 0) is 6.54 Å². The third kappa shape index (κ3) is 4.94. The average molecular weight is 422 g/mol. The van der Waals surface area contributed by atoms with Gasteiger partial charge in [-0.25, -0.2) is 9.38 Å². The van der Waals surface area contributed by atoms with Gasteiger partial charge >= 0.3 is 0 Å². The Morgan fingerprint density at radius 2 is 1.94 bits per heavy atom. The van der Waals surface area contributed by atoms with E-state index in [0.29, 0.717) is 23.8 Å². The number of nitrogens with zero attached hydrogens (tertiary/aromatic N) is 3. The molecule has 2 aromatic carbocycles. The second-order valence-corrected chi connectivity index (χ2v) is 8.04. The molecule has 0 radical (unpaired) electrons. The molecule has 1 saturated heterocycles. The third-order valence-corrected chi connectivity index (χ3v) is 5.86. The lowest BCUT2D eigenvalue weighted by Gasteiger charge is -2.30.